The Morgan fingerprint density at radius 2 is 2.00 bits per heavy atom. The maximum absolute atomic E-state index is 12.5. The lowest BCUT2D eigenvalue weighted by atomic mass is 9.78. The third kappa shape index (κ3) is 1.96. The number of carbonyl (C=O) groups excluding carboxylic acids is 1. The Kier molecular flexibility index (Phi) is 3.33. The van der Waals surface area contributed by atoms with Gasteiger partial charge >= 0.3 is 0 Å². The van der Waals surface area contributed by atoms with Crippen LogP contribution in [-0.2, 0) is 12.0 Å². The highest BCUT2D eigenvalue weighted by Gasteiger charge is 2.36. The molecule has 3 nitrogen and oxygen atoms in total. The van der Waals surface area contributed by atoms with Crippen molar-refractivity contribution in [3.63, 3.8) is 0 Å². The third-order valence-corrected chi connectivity index (χ3v) is 5.13. The van der Waals surface area contributed by atoms with Crippen LogP contribution in [0.1, 0.15) is 61.0 Å². The average Bonchev–Trinajstić information content (AvgIpc) is 3.04. The quantitative estimate of drug-likeness (QED) is 0.919. The number of hydrogen-bond acceptors (Lipinski definition) is 2. The number of hydrogen-bond donors (Lipinski definition) is 1. The molecule has 1 aromatic carbocycles. The smallest absolute Gasteiger partial charge is 0.254 e. The van der Waals surface area contributed by atoms with Gasteiger partial charge in [0, 0.05) is 30.1 Å². The molecular formula is C17H24N2O. The summed E-state index contributed by atoms with van der Waals surface area (Å²) in [6, 6.07) is 6.72. The first kappa shape index (κ1) is 13.6. The van der Waals surface area contributed by atoms with E-state index in [0.29, 0.717) is 6.54 Å². The normalized spacial score (nSPS) is 20.8. The minimum Gasteiger partial charge on any atom is -0.332 e. The van der Waals surface area contributed by atoms with Gasteiger partial charge in [0.15, 0.2) is 0 Å². The molecule has 0 bridgehead atoms. The third-order valence-electron chi connectivity index (χ3n) is 5.13. The van der Waals surface area contributed by atoms with Crippen molar-refractivity contribution >= 4 is 5.91 Å². The zero-order chi connectivity index (χ0) is 14.3. The lowest BCUT2D eigenvalue weighted by Gasteiger charge is -2.28. The molecule has 2 N–H and O–H groups in total. The van der Waals surface area contributed by atoms with E-state index in [2.05, 4.69) is 32.0 Å². The summed E-state index contributed by atoms with van der Waals surface area (Å²) in [5.74, 6) is 0.182. The summed E-state index contributed by atoms with van der Waals surface area (Å²) in [6.07, 6.45) is 4.81. The largest absolute Gasteiger partial charge is 0.332 e. The van der Waals surface area contributed by atoms with Crippen molar-refractivity contribution in [1.82, 2.24) is 4.90 Å². The topological polar surface area (TPSA) is 46.3 Å². The number of benzene rings is 1. The van der Waals surface area contributed by atoms with Gasteiger partial charge in [-0.2, -0.15) is 0 Å². The molecule has 1 heterocycles. The van der Waals surface area contributed by atoms with Crippen LogP contribution in [0.5, 0.6) is 0 Å². The van der Waals surface area contributed by atoms with Crippen LogP contribution < -0.4 is 5.73 Å². The van der Waals surface area contributed by atoms with Crippen LogP contribution in [-0.4, -0.2) is 23.4 Å². The van der Waals surface area contributed by atoms with Crippen molar-refractivity contribution in [2.75, 3.05) is 6.54 Å². The molecule has 0 saturated heterocycles. The Bertz CT molecular complexity index is 530. The number of amides is 1. The van der Waals surface area contributed by atoms with Gasteiger partial charge in [-0.05, 0) is 43.9 Å². The summed E-state index contributed by atoms with van der Waals surface area (Å²) in [4.78, 5) is 14.4. The SMILES string of the molecule is CC(C)N1Cc2ccc(C3(CN)CCCC3)cc2C1=O. The highest BCUT2D eigenvalue weighted by Crippen LogP contribution is 2.41. The molecule has 3 heteroatoms. The van der Waals surface area contributed by atoms with Crippen LogP contribution in [0.15, 0.2) is 18.2 Å². The first-order valence-electron chi connectivity index (χ1n) is 7.72. The fraction of sp³-hybridized carbons (Fsp3) is 0.588. The monoisotopic (exact) mass is 272 g/mol. The molecule has 0 atom stereocenters. The van der Waals surface area contributed by atoms with E-state index >= 15 is 0 Å². The maximum atomic E-state index is 12.5. The summed E-state index contributed by atoms with van der Waals surface area (Å²) in [7, 11) is 0. The summed E-state index contributed by atoms with van der Waals surface area (Å²) < 4.78 is 0. The summed E-state index contributed by atoms with van der Waals surface area (Å²) in [6.45, 7) is 5.59. The minimum absolute atomic E-state index is 0.112. The first-order valence-corrected chi connectivity index (χ1v) is 7.72. The molecule has 2 aliphatic rings. The Labute approximate surface area is 121 Å². The van der Waals surface area contributed by atoms with Crippen LogP contribution in [0.4, 0.5) is 0 Å². The van der Waals surface area contributed by atoms with Gasteiger partial charge < -0.3 is 10.6 Å². The van der Waals surface area contributed by atoms with Crippen LogP contribution in [0.25, 0.3) is 0 Å². The molecule has 20 heavy (non-hydrogen) atoms. The number of nitrogens with zero attached hydrogens (tertiary/aromatic N) is 1. The Balaban J connectivity index is 1.98. The Hall–Kier alpha value is -1.35. The average molecular weight is 272 g/mol. The Morgan fingerprint density at radius 3 is 2.60 bits per heavy atom. The van der Waals surface area contributed by atoms with Gasteiger partial charge in [-0.3, -0.25) is 4.79 Å². The Morgan fingerprint density at radius 1 is 1.30 bits per heavy atom. The van der Waals surface area contributed by atoms with Gasteiger partial charge in [0.25, 0.3) is 5.91 Å². The van der Waals surface area contributed by atoms with Crippen molar-refractivity contribution in [1.29, 1.82) is 0 Å². The second-order valence-electron chi connectivity index (χ2n) is 6.59. The van der Waals surface area contributed by atoms with Crippen molar-refractivity contribution in [3.05, 3.63) is 34.9 Å². The molecule has 108 valence electrons. The predicted octanol–water partition coefficient (Wildman–Crippen LogP) is 2.82. The predicted molar refractivity (Wildman–Crippen MR) is 80.7 cm³/mol. The molecule has 0 unspecified atom stereocenters. The fourth-order valence-corrected chi connectivity index (χ4v) is 3.73. The fourth-order valence-electron chi connectivity index (χ4n) is 3.73. The van der Waals surface area contributed by atoms with Gasteiger partial charge in [0.2, 0.25) is 0 Å². The molecule has 1 saturated carbocycles. The lowest BCUT2D eigenvalue weighted by Crippen LogP contribution is -2.32. The zero-order valence-corrected chi connectivity index (χ0v) is 12.5. The number of carbonyl (C=O) groups is 1. The minimum atomic E-state index is 0.112. The van der Waals surface area contributed by atoms with Crippen LogP contribution in [0.3, 0.4) is 0 Å². The standard InChI is InChI=1S/C17H24N2O/c1-12(2)19-10-13-5-6-14(9-15(13)16(19)20)17(11-18)7-3-4-8-17/h5-6,9,12H,3-4,7-8,10-11,18H2,1-2H3. The van der Waals surface area contributed by atoms with Crippen molar-refractivity contribution in [3.8, 4) is 0 Å². The molecule has 0 spiro atoms. The molecule has 1 amide bonds. The highest BCUT2D eigenvalue weighted by molar-refractivity contribution is 5.98. The van der Waals surface area contributed by atoms with Gasteiger partial charge in [0.05, 0.1) is 0 Å². The van der Waals surface area contributed by atoms with E-state index in [1.165, 1.54) is 18.4 Å². The second kappa shape index (κ2) is 4.88. The van der Waals surface area contributed by atoms with Crippen molar-refractivity contribution in [2.45, 2.75) is 57.5 Å². The highest BCUT2D eigenvalue weighted by atomic mass is 16.2. The van der Waals surface area contributed by atoms with Crippen LogP contribution >= 0.6 is 0 Å². The van der Waals surface area contributed by atoms with Gasteiger partial charge in [-0.25, -0.2) is 0 Å². The number of rotatable bonds is 3. The van der Waals surface area contributed by atoms with E-state index < -0.39 is 0 Å². The molecule has 1 fully saturated rings. The van der Waals surface area contributed by atoms with Gasteiger partial charge in [0.1, 0.15) is 0 Å². The van der Waals surface area contributed by atoms with E-state index in [1.54, 1.807) is 0 Å². The van der Waals surface area contributed by atoms with Gasteiger partial charge in [-0.1, -0.05) is 25.0 Å². The van der Waals surface area contributed by atoms with Crippen molar-refractivity contribution in [2.24, 2.45) is 5.73 Å². The summed E-state index contributed by atoms with van der Waals surface area (Å²) in [5.41, 5.74) is 9.51. The van der Waals surface area contributed by atoms with E-state index in [-0.39, 0.29) is 17.4 Å². The molecule has 1 aromatic rings. The number of nitrogens with two attached hydrogens (primary N) is 1. The molecule has 1 aliphatic carbocycles. The van der Waals surface area contributed by atoms with Gasteiger partial charge in [-0.15, -0.1) is 0 Å². The van der Waals surface area contributed by atoms with E-state index in [1.807, 2.05) is 4.90 Å². The molecule has 1 aliphatic heterocycles. The second-order valence-corrected chi connectivity index (χ2v) is 6.59. The molecule has 0 radical (unpaired) electrons. The van der Waals surface area contributed by atoms with E-state index in [9.17, 15) is 4.79 Å². The van der Waals surface area contributed by atoms with E-state index in [4.69, 9.17) is 5.73 Å². The maximum Gasteiger partial charge on any atom is 0.254 e. The lowest BCUT2D eigenvalue weighted by molar-refractivity contribution is 0.0730. The number of fused-ring (bicyclic) bond motifs is 1. The zero-order valence-electron chi connectivity index (χ0n) is 12.5. The molecule has 3 rings (SSSR count). The molecule has 0 aromatic heterocycles. The van der Waals surface area contributed by atoms with Crippen LogP contribution in [0, 0.1) is 0 Å². The first-order chi connectivity index (χ1) is 9.57. The van der Waals surface area contributed by atoms with Crippen LogP contribution in [0.2, 0.25) is 0 Å². The summed E-state index contributed by atoms with van der Waals surface area (Å²) in [5, 5.41) is 0. The van der Waals surface area contributed by atoms with Crippen molar-refractivity contribution < 1.29 is 4.79 Å². The molecular weight excluding hydrogens is 248 g/mol. The van der Waals surface area contributed by atoms with E-state index in [0.717, 1.165) is 30.5 Å². The summed E-state index contributed by atoms with van der Waals surface area (Å²) >= 11 is 0.